The molecule has 0 radical (unpaired) electrons. The first-order valence-corrected chi connectivity index (χ1v) is 23.2. The molecule has 5 saturated heterocycles. The summed E-state index contributed by atoms with van der Waals surface area (Å²) in [6.07, 6.45) is -24.1. The number of aliphatic hydroxyl groups excluding tert-OH is 4. The third-order valence-corrected chi connectivity index (χ3v) is 12.7. The molecule has 0 aromatic rings. The van der Waals surface area contributed by atoms with Gasteiger partial charge in [-0.3, -0.25) is 28.8 Å². The van der Waals surface area contributed by atoms with E-state index in [1.54, 1.807) is 13.8 Å². The van der Waals surface area contributed by atoms with E-state index in [-0.39, 0.29) is 0 Å². The predicted octanol–water partition coefficient (Wildman–Crippen LogP) is -4.88. The molecule has 5 rings (SSSR count). The Balaban J connectivity index is 1.35. The summed E-state index contributed by atoms with van der Waals surface area (Å²) >= 11 is 0. The molecule has 5 aliphatic rings. The van der Waals surface area contributed by atoms with Crippen molar-refractivity contribution in [3.05, 3.63) is 0 Å². The third-order valence-electron chi connectivity index (χ3n) is 12.7. The monoisotopic (exact) mass is 1010 g/mol. The van der Waals surface area contributed by atoms with E-state index in [0.717, 1.165) is 0 Å². The van der Waals surface area contributed by atoms with Crippen LogP contribution >= 0.6 is 0 Å². The number of ether oxygens (including phenoxy) is 11. The molecule has 400 valence electrons. The molecule has 25 atom stereocenters. The summed E-state index contributed by atoms with van der Waals surface area (Å²) in [6.45, 7) is 15.0. The van der Waals surface area contributed by atoms with Gasteiger partial charge in [-0.15, -0.1) is 0 Å². The molecule has 5 aliphatic heterocycles. The lowest BCUT2D eigenvalue weighted by Crippen LogP contribution is -2.71. The Labute approximate surface area is 405 Å². The smallest absolute Gasteiger partial charge is 0.303 e. The second-order valence-electron chi connectivity index (χ2n) is 18.4. The number of aliphatic hydroxyl groups is 4. The van der Waals surface area contributed by atoms with Crippen molar-refractivity contribution in [2.45, 2.75) is 229 Å². The Morgan fingerprint density at radius 3 is 1.04 bits per heavy atom. The van der Waals surface area contributed by atoms with Crippen LogP contribution in [0.3, 0.4) is 0 Å². The SMILES string of the molecule is CO[C@H]1[C@@H](NC(C)=O)[C@H](O[C@H]2[C@@H](O)[C@H](NC(C)=O)[C@H](O[C@H]3C(O)[C@H](NC(C)=O)[C@H](O[C@H]4[C@@H](O)[C@H](NC(C)=O)[C@H](O[C@H]5[C@H](N)[C@@H](C)O[C@@H](O)[C@@H]5NC(C)=O)O[C@H]4C)O[C@H]3C)O[C@H]2C)O[C@@H](C)[C@H]1OC(C)=O. The number of carbonyl (C=O) groups is 6. The lowest BCUT2D eigenvalue weighted by molar-refractivity contribution is -0.357. The van der Waals surface area contributed by atoms with Crippen molar-refractivity contribution in [3.8, 4) is 0 Å². The quantitative estimate of drug-likeness (QED) is 0.0688. The van der Waals surface area contributed by atoms with Crippen molar-refractivity contribution in [2.24, 2.45) is 5.73 Å². The van der Waals surface area contributed by atoms with Gasteiger partial charge in [-0.1, -0.05) is 0 Å². The topological polar surface area (TPSA) is 371 Å². The molecule has 11 N–H and O–H groups in total. The van der Waals surface area contributed by atoms with Gasteiger partial charge in [0.1, 0.15) is 79.0 Å². The Morgan fingerprint density at radius 2 is 0.714 bits per heavy atom. The molecular weight excluding hydrogens is 936 g/mol. The van der Waals surface area contributed by atoms with E-state index in [1.807, 2.05) is 0 Å². The third kappa shape index (κ3) is 13.4. The molecule has 0 aliphatic carbocycles. The minimum absolute atomic E-state index is 0.497. The fourth-order valence-corrected chi connectivity index (χ4v) is 9.52. The van der Waals surface area contributed by atoms with Gasteiger partial charge in [-0.2, -0.15) is 0 Å². The second kappa shape index (κ2) is 24.3. The van der Waals surface area contributed by atoms with E-state index < -0.39 is 189 Å². The zero-order valence-corrected chi connectivity index (χ0v) is 41.2. The van der Waals surface area contributed by atoms with Crippen LogP contribution in [0.4, 0.5) is 0 Å². The van der Waals surface area contributed by atoms with Crippen LogP contribution in [-0.2, 0) is 80.9 Å². The number of amides is 5. The molecule has 27 nitrogen and oxygen atoms in total. The van der Waals surface area contributed by atoms with Crippen molar-refractivity contribution < 1.29 is 101 Å². The lowest BCUT2D eigenvalue weighted by Gasteiger charge is -2.51. The van der Waals surface area contributed by atoms with Crippen LogP contribution in [0.25, 0.3) is 0 Å². The number of hydrogen-bond acceptors (Lipinski definition) is 22. The molecule has 0 spiro atoms. The molecular formula is C43H72N6O21. The van der Waals surface area contributed by atoms with Gasteiger partial charge in [0.2, 0.25) is 29.5 Å². The first kappa shape index (κ1) is 57.1. The highest BCUT2D eigenvalue weighted by molar-refractivity contribution is 5.75. The Kier molecular flexibility index (Phi) is 19.8. The van der Waals surface area contributed by atoms with E-state index in [1.165, 1.54) is 69.4 Å². The van der Waals surface area contributed by atoms with E-state index >= 15 is 0 Å². The van der Waals surface area contributed by atoms with Crippen molar-refractivity contribution in [2.75, 3.05) is 7.11 Å². The summed E-state index contributed by atoms with van der Waals surface area (Å²) in [7, 11) is 1.35. The molecule has 0 saturated carbocycles. The maximum atomic E-state index is 12.7. The predicted molar refractivity (Wildman–Crippen MR) is 234 cm³/mol. The van der Waals surface area contributed by atoms with Crippen molar-refractivity contribution in [1.29, 1.82) is 0 Å². The highest BCUT2D eigenvalue weighted by Crippen LogP contribution is 2.36. The first-order valence-electron chi connectivity index (χ1n) is 23.2. The first-order chi connectivity index (χ1) is 32.7. The van der Waals surface area contributed by atoms with Crippen LogP contribution in [-0.4, -0.2) is 216 Å². The standard InChI is InChI=1S/C43H72N6O21/c1-13-24(44)37(28(39(59)61-13)48-21(9)53)70-42-27(47-20(8)52)32(58)34(15(3)64-42)68-40-25(45-18(6)50)30(56)33(14(2)62-40)67-41-26(46-19(7)51)31(57)35(16(4)63-41)69-43-29(49-22(10)54)38(60-12)36(17(5)65-43)66-23(11)55/h13-17,24-43,56-59H,44H2,1-12H3,(H,45,50)(H,46,51)(H,47,52)(H,48,53)(H,49,54)/t13-,14+,15+,16+,17+,24-,25+,26+,27+,28-,29-,30?,31+,32+,33-,34-,35-,36-,37+,38+,39-,40+,41+,42+,43+/m1/s1. The summed E-state index contributed by atoms with van der Waals surface area (Å²) in [5.74, 6) is -3.49. The Morgan fingerprint density at radius 1 is 0.414 bits per heavy atom. The van der Waals surface area contributed by atoms with Crippen molar-refractivity contribution in [1.82, 2.24) is 26.6 Å². The minimum atomic E-state index is -1.67. The van der Waals surface area contributed by atoms with E-state index in [4.69, 9.17) is 57.8 Å². The molecule has 0 aromatic carbocycles. The number of methoxy groups -OCH3 is 1. The molecule has 70 heavy (non-hydrogen) atoms. The molecule has 5 amide bonds. The number of nitrogens with one attached hydrogen (secondary N) is 5. The number of rotatable bonds is 15. The van der Waals surface area contributed by atoms with Gasteiger partial charge in [0.05, 0.1) is 36.6 Å². The second-order valence-corrected chi connectivity index (χ2v) is 18.4. The highest BCUT2D eigenvalue weighted by atomic mass is 16.8. The van der Waals surface area contributed by atoms with Crippen molar-refractivity contribution >= 4 is 35.5 Å². The van der Waals surface area contributed by atoms with Crippen LogP contribution < -0.4 is 32.3 Å². The van der Waals surface area contributed by atoms with E-state index in [9.17, 15) is 49.2 Å². The summed E-state index contributed by atoms with van der Waals surface area (Å²) in [6, 6.07) is -7.34. The van der Waals surface area contributed by atoms with Crippen LogP contribution in [0, 0.1) is 0 Å². The average molecular weight is 1010 g/mol. The zero-order chi connectivity index (χ0) is 52.2. The van der Waals surface area contributed by atoms with Gasteiger partial charge < -0.3 is 105 Å². The fraction of sp³-hybridized carbons (Fsp3) is 0.860. The molecule has 0 bridgehead atoms. The Bertz CT molecular complexity index is 1840. The Hall–Kier alpha value is -3.78. The van der Waals surface area contributed by atoms with Crippen LogP contribution in [0.1, 0.15) is 76.2 Å². The maximum absolute atomic E-state index is 12.7. The molecule has 0 aromatic heterocycles. The van der Waals surface area contributed by atoms with Gasteiger partial charge in [0.15, 0.2) is 37.6 Å². The molecule has 27 heteroatoms. The minimum Gasteiger partial charge on any atom is -0.457 e. The van der Waals surface area contributed by atoms with Crippen molar-refractivity contribution in [3.63, 3.8) is 0 Å². The zero-order valence-electron chi connectivity index (χ0n) is 41.2. The van der Waals surface area contributed by atoms with Gasteiger partial charge >= 0.3 is 5.97 Å². The largest absolute Gasteiger partial charge is 0.457 e. The molecule has 1 unspecified atom stereocenters. The van der Waals surface area contributed by atoms with E-state index in [2.05, 4.69) is 26.6 Å². The lowest BCUT2D eigenvalue weighted by atomic mass is 9.93. The number of hydrogen-bond donors (Lipinski definition) is 10. The summed E-state index contributed by atoms with van der Waals surface area (Å²) in [4.78, 5) is 74.3. The van der Waals surface area contributed by atoms with Crippen LogP contribution in [0.15, 0.2) is 0 Å². The molecule has 5 heterocycles. The fourth-order valence-electron chi connectivity index (χ4n) is 9.52. The van der Waals surface area contributed by atoms with Gasteiger partial charge in [-0.25, -0.2) is 0 Å². The number of esters is 1. The highest BCUT2D eigenvalue weighted by Gasteiger charge is 2.56. The van der Waals surface area contributed by atoms with Gasteiger partial charge in [0, 0.05) is 48.7 Å². The summed E-state index contributed by atoms with van der Waals surface area (Å²) in [5, 5.41) is 59.6. The number of nitrogens with two attached hydrogens (primary N) is 1. The summed E-state index contributed by atoms with van der Waals surface area (Å²) in [5.41, 5.74) is 6.41. The van der Waals surface area contributed by atoms with Gasteiger partial charge in [0.25, 0.3) is 0 Å². The summed E-state index contributed by atoms with van der Waals surface area (Å²) < 4.78 is 66.6. The normalized spacial score (nSPS) is 44.3. The number of carbonyl (C=O) groups excluding carboxylic acids is 6. The maximum Gasteiger partial charge on any atom is 0.303 e. The molecule has 5 fully saturated rings. The average Bonchev–Trinajstić information content (AvgIpc) is 3.24. The van der Waals surface area contributed by atoms with Crippen LogP contribution in [0.5, 0.6) is 0 Å². The van der Waals surface area contributed by atoms with E-state index in [0.29, 0.717) is 0 Å². The van der Waals surface area contributed by atoms with Crippen LogP contribution in [0.2, 0.25) is 0 Å². The van der Waals surface area contributed by atoms with Gasteiger partial charge in [-0.05, 0) is 34.6 Å².